The smallest absolute Gasteiger partial charge is 0.0459 e. The average molecular weight is 352 g/mol. The number of likely N-dealkylation sites (tertiary alicyclic amines) is 1. The van der Waals surface area contributed by atoms with E-state index in [0.717, 1.165) is 22.0 Å². The van der Waals surface area contributed by atoms with Crippen molar-refractivity contribution in [1.29, 1.82) is 0 Å². The van der Waals surface area contributed by atoms with Crippen molar-refractivity contribution in [2.45, 2.75) is 44.4 Å². The van der Waals surface area contributed by atoms with E-state index in [9.17, 15) is 4.21 Å². The van der Waals surface area contributed by atoms with Crippen LogP contribution in [-0.4, -0.2) is 44.7 Å². The molecular weight excluding hydrogens is 316 g/mol. The fourth-order valence-electron chi connectivity index (χ4n) is 4.79. The third-order valence-corrected chi connectivity index (χ3v) is 6.72. The number of nitrogens with zero attached hydrogens (tertiary/aromatic N) is 1. The van der Waals surface area contributed by atoms with E-state index in [0.29, 0.717) is 18.6 Å². The molecule has 2 aromatic rings. The first-order valence-corrected chi connectivity index (χ1v) is 10.1. The number of hydrogen-bond donors (Lipinski definition) is 1. The summed E-state index contributed by atoms with van der Waals surface area (Å²) in [6, 6.07) is 5.97. The van der Waals surface area contributed by atoms with Gasteiger partial charge in [-0.05, 0) is 55.7 Å². The Morgan fingerprint density at radius 1 is 1.54 bits per heavy atom. The van der Waals surface area contributed by atoms with Crippen LogP contribution in [0.5, 0.6) is 0 Å². The molecule has 0 radical (unpaired) electrons. The van der Waals surface area contributed by atoms with Gasteiger partial charge in [0, 0.05) is 67.5 Å². The summed E-state index contributed by atoms with van der Waals surface area (Å²) in [4.78, 5) is 4.71. The second kappa shape index (κ2) is 5.99. The number of piperidine rings is 1. The van der Waals surface area contributed by atoms with Crippen molar-refractivity contribution in [2.75, 3.05) is 25.1 Å². The van der Waals surface area contributed by atoms with E-state index >= 15 is 0 Å². The van der Waals surface area contributed by atoms with Gasteiger partial charge in [-0.3, -0.25) is 9.11 Å². The normalized spacial score (nSPS) is 37.2. The molecule has 1 unspecified atom stereocenters. The molecule has 130 valence electrons. The first-order chi connectivity index (χ1) is 14.2. The van der Waals surface area contributed by atoms with Gasteiger partial charge in [0.1, 0.15) is 0 Å². The standard InChI is InChI=1S/C20H28N2OS/c1-4-8-22-12-14(13-24(3)23)9-17-16-6-5-7-18-19(16)15(11-21-18)10-20(17,22)2/h5-7,11,14,17,21H,4,8-10,12-13H2,1-3H3/t14-,17-,20-,24?/m1/s1/i1D3,4D2,8D2. The predicted octanol–water partition coefficient (Wildman–Crippen LogP) is 3.68. The lowest BCUT2D eigenvalue weighted by Crippen LogP contribution is -2.59. The van der Waals surface area contributed by atoms with E-state index in [1.807, 2.05) is 31.3 Å². The Kier molecular flexibility index (Phi) is 2.53. The van der Waals surface area contributed by atoms with Crippen molar-refractivity contribution in [3.05, 3.63) is 35.5 Å². The van der Waals surface area contributed by atoms with Crippen LogP contribution in [0.1, 0.15) is 53.2 Å². The topological polar surface area (TPSA) is 36.1 Å². The zero-order valence-electron chi connectivity index (χ0n) is 21.1. The highest BCUT2D eigenvalue weighted by Crippen LogP contribution is 2.50. The second-order valence-electron chi connectivity index (χ2n) is 7.36. The molecule has 1 aliphatic carbocycles. The molecule has 0 bridgehead atoms. The van der Waals surface area contributed by atoms with Gasteiger partial charge in [-0.25, -0.2) is 0 Å². The molecule has 4 heteroatoms. The van der Waals surface area contributed by atoms with Gasteiger partial charge in [0.2, 0.25) is 0 Å². The highest BCUT2D eigenvalue weighted by atomic mass is 32.2. The summed E-state index contributed by atoms with van der Waals surface area (Å²) < 4.78 is 69.2. The van der Waals surface area contributed by atoms with Crippen LogP contribution in [0, 0.1) is 5.92 Å². The molecule has 1 fully saturated rings. The molecule has 1 aromatic carbocycles. The van der Waals surface area contributed by atoms with Gasteiger partial charge >= 0.3 is 0 Å². The Hall–Kier alpha value is -1.13. The van der Waals surface area contributed by atoms with Crippen LogP contribution in [0.4, 0.5) is 0 Å². The van der Waals surface area contributed by atoms with Gasteiger partial charge in [-0.1, -0.05) is 19.0 Å². The third-order valence-electron chi connectivity index (χ3n) is 5.78. The summed E-state index contributed by atoms with van der Waals surface area (Å²) in [5.74, 6) is 0.0951. The summed E-state index contributed by atoms with van der Waals surface area (Å²) >= 11 is 0. The van der Waals surface area contributed by atoms with Crippen molar-refractivity contribution in [3.63, 3.8) is 0 Å². The number of aromatic nitrogens is 1. The van der Waals surface area contributed by atoms with Gasteiger partial charge in [0.25, 0.3) is 0 Å². The highest BCUT2D eigenvalue weighted by molar-refractivity contribution is 7.84. The van der Waals surface area contributed by atoms with Gasteiger partial charge in [-0.2, -0.15) is 0 Å². The number of nitrogens with one attached hydrogen (secondary N) is 1. The number of aromatic amines is 1. The molecule has 1 aromatic heterocycles. The maximum atomic E-state index is 12.0. The van der Waals surface area contributed by atoms with Crippen LogP contribution in [0.25, 0.3) is 10.9 Å². The highest BCUT2D eigenvalue weighted by Gasteiger charge is 2.48. The number of H-pyrrole nitrogens is 1. The summed E-state index contributed by atoms with van der Waals surface area (Å²) in [7, 11) is -1.10. The van der Waals surface area contributed by atoms with Crippen LogP contribution in [0.15, 0.2) is 24.4 Å². The van der Waals surface area contributed by atoms with Crippen molar-refractivity contribution in [2.24, 2.45) is 5.92 Å². The molecular formula is C20H28N2OS. The molecule has 4 atom stereocenters. The second-order valence-corrected chi connectivity index (χ2v) is 8.84. The molecule has 3 nitrogen and oxygen atoms in total. The fraction of sp³-hybridized carbons (Fsp3) is 0.600. The number of fused-ring (bicyclic) bond motifs is 2. The van der Waals surface area contributed by atoms with E-state index in [1.165, 1.54) is 4.90 Å². The zero-order chi connectivity index (χ0) is 23.0. The molecule has 1 saturated heterocycles. The van der Waals surface area contributed by atoms with E-state index in [4.69, 9.17) is 9.60 Å². The molecule has 0 spiro atoms. The molecule has 0 saturated carbocycles. The predicted molar refractivity (Wildman–Crippen MR) is 102 cm³/mol. The first kappa shape index (κ1) is 10.1. The molecule has 4 rings (SSSR count). The van der Waals surface area contributed by atoms with Gasteiger partial charge in [0.15, 0.2) is 0 Å². The minimum Gasteiger partial charge on any atom is -0.361 e. The molecule has 24 heavy (non-hydrogen) atoms. The largest absolute Gasteiger partial charge is 0.361 e. The van der Waals surface area contributed by atoms with Gasteiger partial charge in [-0.15, -0.1) is 0 Å². The van der Waals surface area contributed by atoms with Crippen LogP contribution < -0.4 is 0 Å². The van der Waals surface area contributed by atoms with Crippen LogP contribution in [-0.2, 0) is 17.2 Å². The van der Waals surface area contributed by atoms with Crippen LogP contribution in [0.3, 0.4) is 0 Å². The monoisotopic (exact) mass is 351 g/mol. The van der Waals surface area contributed by atoms with Crippen LogP contribution >= 0.6 is 0 Å². The number of rotatable bonds is 4. The summed E-state index contributed by atoms with van der Waals surface area (Å²) in [6.45, 7) is -3.80. The average Bonchev–Trinajstić information content (AvgIpc) is 3.04. The van der Waals surface area contributed by atoms with Crippen molar-refractivity contribution in [1.82, 2.24) is 9.88 Å². The zero-order valence-corrected chi connectivity index (χ0v) is 14.9. The Morgan fingerprint density at radius 2 is 2.42 bits per heavy atom. The fourth-order valence-corrected chi connectivity index (χ4v) is 5.70. The molecule has 1 N–H and O–H groups in total. The van der Waals surface area contributed by atoms with Gasteiger partial charge in [0.05, 0.1) is 0 Å². The summed E-state index contributed by atoms with van der Waals surface area (Å²) in [5, 5.41) is 1.11. The lowest BCUT2D eigenvalue weighted by atomic mass is 9.64. The van der Waals surface area contributed by atoms with Gasteiger partial charge < -0.3 is 4.98 Å². The molecule has 2 aliphatic rings. The first-order valence-electron chi connectivity index (χ1n) is 11.9. The summed E-state index contributed by atoms with van der Waals surface area (Å²) in [6.07, 6.45) is 1.62. The van der Waals surface area contributed by atoms with Crippen molar-refractivity contribution < 1.29 is 13.8 Å². The number of hydrogen-bond acceptors (Lipinski definition) is 2. The third kappa shape index (κ3) is 2.46. The Balaban J connectivity index is 1.88. The minimum atomic E-state index is -3.13. The number of benzene rings is 1. The molecule has 1 aliphatic heterocycles. The quantitative estimate of drug-likeness (QED) is 0.912. The Morgan fingerprint density at radius 3 is 3.21 bits per heavy atom. The minimum absolute atomic E-state index is 0.135. The van der Waals surface area contributed by atoms with Crippen molar-refractivity contribution >= 4 is 21.7 Å². The van der Waals surface area contributed by atoms with E-state index in [2.05, 4.69) is 4.98 Å². The van der Waals surface area contributed by atoms with Crippen LogP contribution in [0.2, 0.25) is 0 Å². The molecule has 2 heterocycles. The maximum absolute atomic E-state index is 12.0. The Bertz CT molecular complexity index is 1030. The lowest BCUT2D eigenvalue weighted by Gasteiger charge is -2.55. The van der Waals surface area contributed by atoms with E-state index in [-0.39, 0.29) is 18.4 Å². The molecule has 0 amide bonds. The Labute approximate surface area is 157 Å². The maximum Gasteiger partial charge on any atom is 0.0459 e. The summed E-state index contributed by atoms with van der Waals surface area (Å²) in [5.41, 5.74) is 2.27. The van der Waals surface area contributed by atoms with E-state index < -0.39 is 36.1 Å². The lowest BCUT2D eigenvalue weighted by molar-refractivity contribution is 0.0150. The van der Waals surface area contributed by atoms with Crippen molar-refractivity contribution in [3.8, 4) is 0 Å². The SMILES string of the molecule is [2H]C([2H])([2H])C([2H])([2H])C([2H])([2H])N1C[C@H](CS(C)=O)C[C@@H]2c3cccc4[nH]cc(c34)C[C@]21C. The van der Waals surface area contributed by atoms with E-state index in [1.54, 1.807) is 6.26 Å².